The summed E-state index contributed by atoms with van der Waals surface area (Å²) in [4.78, 5) is 7.73. The standard InChI is InChI=1S/C13H30N2O/c1-5-6-7-8-10-13(2)16-14-11-9-12-15(3)4/h13-14H,5-12H2,1-4H3. The topological polar surface area (TPSA) is 24.5 Å². The smallest absolute Gasteiger partial charge is 0.0762 e. The number of rotatable bonds is 11. The lowest BCUT2D eigenvalue weighted by Crippen LogP contribution is -2.25. The van der Waals surface area contributed by atoms with E-state index in [-0.39, 0.29) is 0 Å². The van der Waals surface area contributed by atoms with Crippen LogP contribution in [0.3, 0.4) is 0 Å². The minimum Gasteiger partial charge on any atom is -0.309 e. The number of hydroxylamine groups is 1. The van der Waals surface area contributed by atoms with Gasteiger partial charge in [-0.05, 0) is 40.4 Å². The van der Waals surface area contributed by atoms with Crippen molar-refractivity contribution in [3.63, 3.8) is 0 Å². The van der Waals surface area contributed by atoms with Crippen molar-refractivity contribution in [2.45, 2.75) is 58.5 Å². The van der Waals surface area contributed by atoms with Crippen LogP contribution in [0.4, 0.5) is 0 Å². The first kappa shape index (κ1) is 15.9. The van der Waals surface area contributed by atoms with E-state index in [0.29, 0.717) is 6.10 Å². The summed E-state index contributed by atoms with van der Waals surface area (Å²) in [6, 6.07) is 0. The van der Waals surface area contributed by atoms with Crippen LogP contribution in [0, 0.1) is 0 Å². The highest BCUT2D eigenvalue weighted by atomic mass is 16.7. The number of unbranched alkanes of at least 4 members (excludes halogenated alkanes) is 3. The summed E-state index contributed by atoms with van der Waals surface area (Å²) in [5, 5.41) is 0. The van der Waals surface area contributed by atoms with E-state index >= 15 is 0 Å². The third-order valence-electron chi connectivity index (χ3n) is 2.63. The predicted molar refractivity (Wildman–Crippen MR) is 70.5 cm³/mol. The highest BCUT2D eigenvalue weighted by molar-refractivity contribution is 4.51. The molecule has 16 heavy (non-hydrogen) atoms. The van der Waals surface area contributed by atoms with Gasteiger partial charge in [0.15, 0.2) is 0 Å². The Balaban J connectivity index is 3.14. The van der Waals surface area contributed by atoms with Gasteiger partial charge < -0.3 is 4.90 Å². The zero-order valence-electron chi connectivity index (χ0n) is 11.6. The van der Waals surface area contributed by atoms with Gasteiger partial charge in [0.05, 0.1) is 6.10 Å². The van der Waals surface area contributed by atoms with Crippen molar-refractivity contribution in [2.24, 2.45) is 0 Å². The quantitative estimate of drug-likeness (QED) is 0.436. The fourth-order valence-corrected chi connectivity index (χ4v) is 1.59. The Labute approximate surface area is 101 Å². The molecular formula is C13H30N2O. The molecule has 1 atom stereocenters. The highest BCUT2D eigenvalue weighted by Gasteiger charge is 2.01. The van der Waals surface area contributed by atoms with Crippen molar-refractivity contribution in [3.05, 3.63) is 0 Å². The second-order valence-corrected chi connectivity index (χ2v) is 4.83. The number of nitrogens with one attached hydrogen (secondary N) is 1. The molecule has 0 aliphatic carbocycles. The van der Waals surface area contributed by atoms with Crippen molar-refractivity contribution in [2.75, 3.05) is 27.2 Å². The van der Waals surface area contributed by atoms with Crippen LogP contribution in [0.2, 0.25) is 0 Å². The molecule has 0 bridgehead atoms. The first-order valence-electron chi connectivity index (χ1n) is 6.70. The second-order valence-electron chi connectivity index (χ2n) is 4.83. The Kier molecular flexibility index (Phi) is 11.3. The Hall–Kier alpha value is -0.120. The summed E-state index contributed by atoms with van der Waals surface area (Å²) in [6.07, 6.45) is 7.92. The molecule has 0 rings (SSSR count). The van der Waals surface area contributed by atoms with Gasteiger partial charge in [-0.15, -0.1) is 0 Å². The van der Waals surface area contributed by atoms with E-state index in [2.05, 4.69) is 38.3 Å². The molecule has 0 saturated carbocycles. The van der Waals surface area contributed by atoms with E-state index in [1.54, 1.807) is 0 Å². The van der Waals surface area contributed by atoms with Crippen molar-refractivity contribution in [1.82, 2.24) is 10.4 Å². The highest BCUT2D eigenvalue weighted by Crippen LogP contribution is 2.06. The molecule has 0 spiro atoms. The van der Waals surface area contributed by atoms with E-state index in [1.165, 1.54) is 32.1 Å². The summed E-state index contributed by atoms with van der Waals surface area (Å²) in [7, 11) is 4.19. The van der Waals surface area contributed by atoms with Crippen LogP contribution in [-0.2, 0) is 4.84 Å². The van der Waals surface area contributed by atoms with Crippen LogP contribution in [0.15, 0.2) is 0 Å². The third kappa shape index (κ3) is 12.0. The van der Waals surface area contributed by atoms with Gasteiger partial charge in [0, 0.05) is 6.54 Å². The van der Waals surface area contributed by atoms with E-state index in [9.17, 15) is 0 Å². The van der Waals surface area contributed by atoms with Crippen molar-refractivity contribution < 1.29 is 4.84 Å². The van der Waals surface area contributed by atoms with Crippen LogP contribution >= 0.6 is 0 Å². The Bertz CT molecular complexity index is 140. The Morgan fingerprint density at radius 1 is 1.12 bits per heavy atom. The lowest BCUT2D eigenvalue weighted by molar-refractivity contribution is -0.0205. The maximum Gasteiger partial charge on any atom is 0.0762 e. The van der Waals surface area contributed by atoms with E-state index in [1.807, 2.05) is 0 Å². The molecule has 0 aliphatic rings. The van der Waals surface area contributed by atoms with E-state index < -0.39 is 0 Å². The van der Waals surface area contributed by atoms with Crippen LogP contribution in [0.25, 0.3) is 0 Å². The number of hydrogen-bond donors (Lipinski definition) is 1. The van der Waals surface area contributed by atoms with Crippen LogP contribution < -0.4 is 5.48 Å². The van der Waals surface area contributed by atoms with Gasteiger partial charge in [0.2, 0.25) is 0 Å². The molecular weight excluding hydrogens is 200 g/mol. The third-order valence-corrected chi connectivity index (χ3v) is 2.63. The predicted octanol–water partition coefficient (Wildman–Crippen LogP) is 2.82. The van der Waals surface area contributed by atoms with Crippen LogP contribution in [0.1, 0.15) is 52.4 Å². The summed E-state index contributed by atoms with van der Waals surface area (Å²) in [5.74, 6) is 0. The first-order chi connectivity index (χ1) is 7.66. The van der Waals surface area contributed by atoms with Gasteiger partial charge in [0.25, 0.3) is 0 Å². The molecule has 0 fully saturated rings. The van der Waals surface area contributed by atoms with Crippen molar-refractivity contribution >= 4 is 0 Å². The maximum atomic E-state index is 5.54. The van der Waals surface area contributed by atoms with Gasteiger partial charge >= 0.3 is 0 Å². The van der Waals surface area contributed by atoms with Crippen LogP contribution in [0.5, 0.6) is 0 Å². The largest absolute Gasteiger partial charge is 0.309 e. The first-order valence-corrected chi connectivity index (χ1v) is 6.70. The molecule has 0 aromatic carbocycles. The summed E-state index contributed by atoms with van der Waals surface area (Å²) in [6.45, 7) is 6.44. The molecule has 3 nitrogen and oxygen atoms in total. The average Bonchev–Trinajstić information content (AvgIpc) is 2.23. The summed E-state index contributed by atoms with van der Waals surface area (Å²) < 4.78 is 0. The summed E-state index contributed by atoms with van der Waals surface area (Å²) >= 11 is 0. The second kappa shape index (κ2) is 11.4. The fraction of sp³-hybridized carbons (Fsp3) is 1.00. The van der Waals surface area contributed by atoms with Gasteiger partial charge in [-0.3, -0.25) is 4.84 Å². The maximum absolute atomic E-state index is 5.54. The average molecular weight is 230 g/mol. The Morgan fingerprint density at radius 2 is 1.88 bits per heavy atom. The van der Waals surface area contributed by atoms with Crippen LogP contribution in [-0.4, -0.2) is 38.2 Å². The van der Waals surface area contributed by atoms with Crippen molar-refractivity contribution in [1.29, 1.82) is 0 Å². The minimum atomic E-state index is 0.344. The van der Waals surface area contributed by atoms with Gasteiger partial charge in [-0.1, -0.05) is 32.6 Å². The number of hydrogen-bond acceptors (Lipinski definition) is 3. The van der Waals surface area contributed by atoms with Gasteiger partial charge in [0.1, 0.15) is 0 Å². The number of nitrogens with zero attached hydrogens (tertiary/aromatic N) is 1. The fourth-order valence-electron chi connectivity index (χ4n) is 1.59. The molecule has 1 N–H and O–H groups in total. The van der Waals surface area contributed by atoms with Gasteiger partial charge in [-0.2, -0.15) is 0 Å². The molecule has 0 amide bonds. The molecule has 0 saturated heterocycles. The minimum absolute atomic E-state index is 0.344. The molecule has 98 valence electrons. The SMILES string of the molecule is CCCCCCC(C)ONCCCN(C)C. The molecule has 0 aliphatic heterocycles. The Morgan fingerprint density at radius 3 is 2.50 bits per heavy atom. The molecule has 0 radical (unpaired) electrons. The zero-order valence-corrected chi connectivity index (χ0v) is 11.6. The lowest BCUT2D eigenvalue weighted by Gasteiger charge is -2.14. The van der Waals surface area contributed by atoms with Crippen molar-refractivity contribution in [3.8, 4) is 0 Å². The zero-order chi connectivity index (χ0) is 12.2. The lowest BCUT2D eigenvalue weighted by atomic mass is 10.1. The van der Waals surface area contributed by atoms with E-state index in [0.717, 1.165) is 19.5 Å². The molecule has 1 unspecified atom stereocenters. The normalized spacial score (nSPS) is 13.3. The molecule has 0 aromatic heterocycles. The van der Waals surface area contributed by atoms with E-state index in [4.69, 9.17) is 4.84 Å². The molecule has 3 heteroatoms. The molecule has 0 aromatic rings. The summed E-state index contributed by atoms with van der Waals surface area (Å²) in [5.41, 5.74) is 3.05. The van der Waals surface area contributed by atoms with Gasteiger partial charge in [-0.25, -0.2) is 5.48 Å². The molecule has 0 heterocycles. The monoisotopic (exact) mass is 230 g/mol.